The van der Waals surface area contributed by atoms with E-state index in [2.05, 4.69) is 10.2 Å². The van der Waals surface area contributed by atoms with Crippen LogP contribution in [-0.4, -0.2) is 11.7 Å². The van der Waals surface area contributed by atoms with Crippen molar-refractivity contribution >= 4 is 11.4 Å². The zero-order chi connectivity index (χ0) is 12.3. The van der Waals surface area contributed by atoms with Crippen LogP contribution < -0.4 is 0 Å². The number of aliphatic hydroxyl groups is 1. The maximum Gasteiger partial charge on any atom is 0.0857 e. The number of rotatable bonds is 2. The lowest BCUT2D eigenvalue weighted by Gasteiger charge is -1.91. The van der Waals surface area contributed by atoms with Crippen molar-refractivity contribution in [1.82, 2.24) is 0 Å². The summed E-state index contributed by atoms with van der Waals surface area (Å²) in [6, 6.07) is 19.4. The molecular weight excluding hydrogens is 212 g/mol. The highest BCUT2D eigenvalue weighted by molar-refractivity contribution is 5.39. The maximum absolute atomic E-state index is 7.57. The van der Waals surface area contributed by atoms with Gasteiger partial charge in [-0.05, 0) is 31.2 Å². The quantitative estimate of drug-likeness (QED) is 0.773. The minimum Gasteiger partial charge on any atom is -0.397 e. The van der Waals surface area contributed by atoms with Crippen molar-refractivity contribution < 1.29 is 5.11 Å². The molecule has 2 rings (SSSR count). The van der Waals surface area contributed by atoms with E-state index >= 15 is 0 Å². The van der Waals surface area contributed by atoms with Crippen molar-refractivity contribution in [2.75, 3.05) is 6.61 Å². The molecule has 0 aliphatic rings. The van der Waals surface area contributed by atoms with Crippen molar-refractivity contribution in [3.8, 4) is 0 Å². The molecule has 0 aliphatic heterocycles. The van der Waals surface area contributed by atoms with E-state index in [9.17, 15) is 0 Å². The van der Waals surface area contributed by atoms with Gasteiger partial charge in [0.05, 0.1) is 11.4 Å². The third kappa shape index (κ3) is 5.58. The van der Waals surface area contributed by atoms with Gasteiger partial charge in [0.25, 0.3) is 0 Å². The normalized spacial score (nSPS) is 9.76. The standard InChI is InChI=1S/C12H10N2.C2H6O/c1-3-7-11(8-4-1)13-14-12-9-5-2-6-10-12;1-2-3/h1-10H;3H,2H2,1H3. The molecule has 0 fully saturated rings. The number of nitrogens with zero attached hydrogens (tertiary/aromatic N) is 2. The van der Waals surface area contributed by atoms with Crippen LogP contribution in [0.2, 0.25) is 0 Å². The van der Waals surface area contributed by atoms with Crippen molar-refractivity contribution in [2.24, 2.45) is 10.2 Å². The zero-order valence-electron chi connectivity index (χ0n) is 9.82. The number of aliphatic hydroxyl groups excluding tert-OH is 1. The molecule has 0 unspecified atom stereocenters. The average molecular weight is 228 g/mol. The first-order chi connectivity index (χ1) is 8.36. The molecule has 3 nitrogen and oxygen atoms in total. The summed E-state index contributed by atoms with van der Waals surface area (Å²) in [6.07, 6.45) is 0. The number of azo groups is 1. The van der Waals surface area contributed by atoms with E-state index in [0.717, 1.165) is 11.4 Å². The van der Waals surface area contributed by atoms with Gasteiger partial charge in [-0.3, -0.25) is 0 Å². The third-order valence-electron chi connectivity index (χ3n) is 1.79. The van der Waals surface area contributed by atoms with E-state index in [4.69, 9.17) is 5.11 Å². The smallest absolute Gasteiger partial charge is 0.0857 e. The predicted molar refractivity (Wildman–Crippen MR) is 69.8 cm³/mol. The minimum atomic E-state index is 0.250. The highest BCUT2D eigenvalue weighted by atomic mass is 16.2. The molecule has 2 aromatic carbocycles. The topological polar surface area (TPSA) is 45.0 Å². The van der Waals surface area contributed by atoms with Gasteiger partial charge in [-0.2, -0.15) is 10.2 Å². The van der Waals surface area contributed by atoms with Gasteiger partial charge < -0.3 is 5.11 Å². The van der Waals surface area contributed by atoms with Crippen LogP contribution in [0.1, 0.15) is 6.92 Å². The van der Waals surface area contributed by atoms with Crippen LogP contribution in [0.4, 0.5) is 11.4 Å². The van der Waals surface area contributed by atoms with Gasteiger partial charge in [-0.15, -0.1) is 0 Å². The predicted octanol–water partition coefficient (Wildman–Crippen LogP) is 4.10. The highest BCUT2D eigenvalue weighted by Gasteiger charge is 1.86. The Hall–Kier alpha value is -2.00. The van der Waals surface area contributed by atoms with E-state index in [-0.39, 0.29) is 6.61 Å². The van der Waals surface area contributed by atoms with Gasteiger partial charge in [0, 0.05) is 6.61 Å². The molecule has 0 bridgehead atoms. The lowest BCUT2D eigenvalue weighted by molar-refractivity contribution is 0.318. The minimum absolute atomic E-state index is 0.250. The summed E-state index contributed by atoms with van der Waals surface area (Å²) in [5.74, 6) is 0. The van der Waals surface area contributed by atoms with Crippen LogP contribution >= 0.6 is 0 Å². The average Bonchev–Trinajstić information content (AvgIpc) is 2.40. The third-order valence-corrected chi connectivity index (χ3v) is 1.79. The maximum atomic E-state index is 7.57. The fourth-order valence-corrected chi connectivity index (χ4v) is 1.10. The Morgan fingerprint density at radius 3 is 1.35 bits per heavy atom. The van der Waals surface area contributed by atoms with Crippen LogP contribution in [-0.2, 0) is 0 Å². The first kappa shape index (κ1) is 13.1. The Bertz CT molecular complexity index is 385. The second-order valence-corrected chi connectivity index (χ2v) is 3.19. The van der Waals surface area contributed by atoms with E-state index in [1.165, 1.54) is 0 Å². The lowest BCUT2D eigenvalue weighted by Crippen LogP contribution is -1.62. The monoisotopic (exact) mass is 228 g/mol. The van der Waals surface area contributed by atoms with Crippen LogP contribution in [0.5, 0.6) is 0 Å². The molecule has 0 radical (unpaired) electrons. The first-order valence-corrected chi connectivity index (χ1v) is 5.49. The van der Waals surface area contributed by atoms with Gasteiger partial charge in [-0.25, -0.2) is 0 Å². The molecule has 3 heteroatoms. The van der Waals surface area contributed by atoms with E-state index in [1.54, 1.807) is 6.92 Å². The molecule has 0 aromatic heterocycles. The zero-order valence-corrected chi connectivity index (χ0v) is 9.82. The molecule has 0 saturated carbocycles. The molecule has 0 heterocycles. The second-order valence-electron chi connectivity index (χ2n) is 3.19. The van der Waals surface area contributed by atoms with Crippen LogP contribution in [0.3, 0.4) is 0 Å². The Labute approximate surface area is 101 Å². The lowest BCUT2D eigenvalue weighted by atomic mass is 10.3. The molecule has 17 heavy (non-hydrogen) atoms. The molecular formula is C14H16N2O. The SMILES string of the molecule is CCO.c1ccc(N=Nc2ccccc2)cc1. The van der Waals surface area contributed by atoms with E-state index in [1.807, 2.05) is 60.7 Å². The molecule has 0 atom stereocenters. The summed E-state index contributed by atoms with van der Waals surface area (Å²) in [6.45, 7) is 1.93. The molecule has 2 aromatic rings. The molecule has 1 N–H and O–H groups in total. The largest absolute Gasteiger partial charge is 0.397 e. The molecule has 0 aliphatic carbocycles. The molecule has 0 amide bonds. The van der Waals surface area contributed by atoms with Crippen molar-refractivity contribution in [2.45, 2.75) is 6.92 Å². The van der Waals surface area contributed by atoms with E-state index in [0.29, 0.717) is 0 Å². The molecule has 0 saturated heterocycles. The van der Waals surface area contributed by atoms with Crippen LogP contribution in [0, 0.1) is 0 Å². The summed E-state index contributed by atoms with van der Waals surface area (Å²) >= 11 is 0. The fourth-order valence-electron chi connectivity index (χ4n) is 1.10. The Morgan fingerprint density at radius 2 is 1.06 bits per heavy atom. The fraction of sp³-hybridized carbons (Fsp3) is 0.143. The van der Waals surface area contributed by atoms with Gasteiger partial charge in [0.1, 0.15) is 0 Å². The van der Waals surface area contributed by atoms with E-state index < -0.39 is 0 Å². The first-order valence-electron chi connectivity index (χ1n) is 5.49. The van der Waals surface area contributed by atoms with Crippen LogP contribution in [0.25, 0.3) is 0 Å². The summed E-state index contributed by atoms with van der Waals surface area (Å²) < 4.78 is 0. The van der Waals surface area contributed by atoms with Crippen molar-refractivity contribution in [1.29, 1.82) is 0 Å². The Morgan fingerprint density at radius 1 is 0.765 bits per heavy atom. The summed E-state index contributed by atoms with van der Waals surface area (Å²) in [5.41, 5.74) is 1.74. The number of benzene rings is 2. The highest BCUT2D eigenvalue weighted by Crippen LogP contribution is 2.16. The second kappa shape index (κ2) is 8.19. The van der Waals surface area contributed by atoms with Gasteiger partial charge in [-0.1, -0.05) is 36.4 Å². The number of hydrogen-bond donors (Lipinski definition) is 1. The van der Waals surface area contributed by atoms with Crippen molar-refractivity contribution in [3.63, 3.8) is 0 Å². The summed E-state index contributed by atoms with van der Waals surface area (Å²) in [7, 11) is 0. The van der Waals surface area contributed by atoms with Gasteiger partial charge in [0.15, 0.2) is 0 Å². The molecule has 88 valence electrons. The van der Waals surface area contributed by atoms with Gasteiger partial charge in [0.2, 0.25) is 0 Å². The summed E-state index contributed by atoms with van der Waals surface area (Å²) in [4.78, 5) is 0. The number of hydrogen-bond acceptors (Lipinski definition) is 3. The molecule has 0 spiro atoms. The Balaban J connectivity index is 0.000000437. The Kier molecular flexibility index (Phi) is 6.29. The summed E-state index contributed by atoms with van der Waals surface area (Å²) in [5, 5.41) is 15.8. The van der Waals surface area contributed by atoms with Crippen molar-refractivity contribution in [3.05, 3.63) is 60.7 Å². The van der Waals surface area contributed by atoms with Gasteiger partial charge >= 0.3 is 0 Å². The van der Waals surface area contributed by atoms with Crippen LogP contribution in [0.15, 0.2) is 70.9 Å².